The lowest BCUT2D eigenvalue weighted by Crippen LogP contribution is -2.12. The van der Waals surface area contributed by atoms with E-state index in [1.165, 1.54) is 23.5 Å². The molecule has 0 aliphatic heterocycles. The van der Waals surface area contributed by atoms with E-state index in [0.29, 0.717) is 16.3 Å². The Bertz CT molecular complexity index is 917. The number of carbonyl (C=O) groups is 1. The standard InChI is InChI=1S/C16H13N3O3S2/c1-9-3-4-12(19(21)22)7-13(9)18-15(20)14-10(2)17-16(24-14)11-5-6-23-8-11/h3-8H,1-2H3,(H,18,20). The van der Waals surface area contributed by atoms with Gasteiger partial charge in [0, 0.05) is 23.1 Å². The molecule has 1 aromatic carbocycles. The Kier molecular flexibility index (Phi) is 4.41. The van der Waals surface area contributed by atoms with Gasteiger partial charge in [-0.2, -0.15) is 11.3 Å². The molecule has 0 fully saturated rings. The van der Waals surface area contributed by atoms with Gasteiger partial charge in [-0.25, -0.2) is 4.98 Å². The van der Waals surface area contributed by atoms with Crippen molar-refractivity contribution in [2.45, 2.75) is 13.8 Å². The lowest BCUT2D eigenvalue weighted by atomic mass is 10.2. The SMILES string of the molecule is Cc1ccc([N+](=O)[O-])cc1NC(=O)c1sc(-c2ccsc2)nc1C. The highest BCUT2D eigenvalue weighted by Crippen LogP contribution is 2.30. The molecule has 8 heteroatoms. The van der Waals surface area contributed by atoms with E-state index in [1.807, 2.05) is 16.8 Å². The average Bonchev–Trinajstić information content (AvgIpc) is 3.18. The molecule has 0 saturated heterocycles. The minimum atomic E-state index is -0.484. The Balaban J connectivity index is 1.88. The first-order valence-electron chi connectivity index (χ1n) is 7.02. The average molecular weight is 359 g/mol. The summed E-state index contributed by atoms with van der Waals surface area (Å²) in [6, 6.07) is 6.35. The van der Waals surface area contributed by atoms with Gasteiger partial charge >= 0.3 is 0 Å². The largest absolute Gasteiger partial charge is 0.321 e. The van der Waals surface area contributed by atoms with E-state index in [4.69, 9.17) is 0 Å². The lowest BCUT2D eigenvalue weighted by Gasteiger charge is -2.07. The summed E-state index contributed by atoms with van der Waals surface area (Å²) < 4.78 is 0. The van der Waals surface area contributed by atoms with E-state index in [9.17, 15) is 14.9 Å². The molecule has 0 bridgehead atoms. The Labute approximate surface area is 146 Å². The maximum atomic E-state index is 12.5. The molecular formula is C16H13N3O3S2. The quantitative estimate of drug-likeness (QED) is 0.543. The summed E-state index contributed by atoms with van der Waals surface area (Å²) in [4.78, 5) is 27.9. The molecule has 0 aliphatic rings. The molecule has 2 heterocycles. The van der Waals surface area contributed by atoms with Crippen LogP contribution in [0.1, 0.15) is 20.9 Å². The van der Waals surface area contributed by atoms with E-state index in [1.54, 1.807) is 31.3 Å². The number of aromatic nitrogens is 1. The van der Waals surface area contributed by atoms with Crippen LogP contribution in [0.5, 0.6) is 0 Å². The first kappa shape index (κ1) is 16.3. The third kappa shape index (κ3) is 3.19. The monoisotopic (exact) mass is 359 g/mol. The van der Waals surface area contributed by atoms with Gasteiger partial charge in [0.2, 0.25) is 0 Å². The summed E-state index contributed by atoms with van der Waals surface area (Å²) in [6.45, 7) is 3.57. The van der Waals surface area contributed by atoms with E-state index in [0.717, 1.165) is 16.1 Å². The number of hydrogen-bond donors (Lipinski definition) is 1. The Hall–Kier alpha value is -2.58. The van der Waals surface area contributed by atoms with E-state index >= 15 is 0 Å². The fourth-order valence-corrected chi connectivity index (χ4v) is 3.83. The van der Waals surface area contributed by atoms with E-state index in [2.05, 4.69) is 10.3 Å². The van der Waals surface area contributed by atoms with E-state index in [-0.39, 0.29) is 11.6 Å². The molecule has 3 aromatic rings. The molecule has 0 saturated carbocycles. The first-order valence-corrected chi connectivity index (χ1v) is 8.78. The maximum absolute atomic E-state index is 12.5. The van der Waals surface area contributed by atoms with Crippen LogP contribution in [0.25, 0.3) is 10.6 Å². The smallest absolute Gasteiger partial charge is 0.271 e. The summed E-state index contributed by atoms with van der Waals surface area (Å²) in [5, 5.41) is 18.4. The van der Waals surface area contributed by atoms with Crippen LogP contribution < -0.4 is 5.32 Å². The van der Waals surface area contributed by atoms with Gasteiger partial charge in [-0.1, -0.05) is 6.07 Å². The second-order valence-electron chi connectivity index (χ2n) is 5.16. The zero-order chi connectivity index (χ0) is 17.3. The predicted octanol–water partition coefficient (Wildman–Crippen LogP) is 4.65. The third-order valence-electron chi connectivity index (χ3n) is 3.45. The zero-order valence-corrected chi connectivity index (χ0v) is 14.5. The first-order chi connectivity index (χ1) is 11.5. The van der Waals surface area contributed by atoms with Crippen LogP contribution in [0, 0.1) is 24.0 Å². The molecule has 3 rings (SSSR count). The molecule has 0 aliphatic carbocycles. The summed E-state index contributed by atoms with van der Waals surface area (Å²) >= 11 is 2.88. The second-order valence-corrected chi connectivity index (χ2v) is 6.94. The van der Waals surface area contributed by atoms with Gasteiger partial charge < -0.3 is 5.32 Å². The van der Waals surface area contributed by atoms with Gasteiger partial charge in [-0.05, 0) is 30.9 Å². The summed E-state index contributed by atoms with van der Waals surface area (Å²) in [5.41, 5.74) is 2.75. The molecule has 6 nitrogen and oxygen atoms in total. The molecule has 1 amide bonds. The van der Waals surface area contributed by atoms with Crippen LogP contribution in [-0.2, 0) is 0 Å². The highest BCUT2D eigenvalue weighted by molar-refractivity contribution is 7.17. The Morgan fingerprint density at radius 3 is 2.75 bits per heavy atom. The van der Waals surface area contributed by atoms with Crippen LogP contribution in [0.4, 0.5) is 11.4 Å². The summed E-state index contributed by atoms with van der Waals surface area (Å²) in [6.07, 6.45) is 0. The van der Waals surface area contributed by atoms with Crippen molar-refractivity contribution in [1.82, 2.24) is 4.98 Å². The van der Waals surface area contributed by atoms with Crippen molar-refractivity contribution in [3.05, 3.63) is 61.3 Å². The number of rotatable bonds is 4. The normalized spacial score (nSPS) is 10.6. The number of thiophene rings is 1. The predicted molar refractivity (Wildman–Crippen MR) is 96.0 cm³/mol. The number of nitro benzene ring substituents is 1. The minimum Gasteiger partial charge on any atom is -0.321 e. The maximum Gasteiger partial charge on any atom is 0.271 e. The summed E-state index contributed by atoms with van der Waals surface area (Å²) in [7, 11) is 0. The topological polar surface area (TPSA) is 85.1 Å². The van der Waals surface area contributed by atoms with Crippen molar-refractivity contribution in [3.8, 4) is 10.6 Å². The minimum absolute atomic E-state index is 0.0594. The molecule has 0 spiro atoms. The van der Waals surface area contributed by atoms with Crippen molar-refractivity contribution in [2.75, 3.05) is 5.32 Å². The molecule has 24 heavy (non-hydrogen) atoms. The zero-order valence-electron chi connectivity index (χ0n) is 12.9. The van der Waals surface area contributed by atoms with Crippen LogP contribution in [0.2, 0.25) is 0 Å². The Morgan fingerprint density at radius 2 is 2.08 bits per heavy atom. The molecule has 0 atom stereocenters. The van der Waals surface area contributed by atoms with Gasteiger partial charge in [-0.3, -0.25) is 14.9 Å². The van der Waals surface area contributed by atoms with Crippen molar-refractivity contribution >= 4 is 40.0 Å². The number of carbonyl (C=O) groups excluding carboxylic acids is 1. The number of nitro groups is 1. The number of hydrogen-bond acceptors (Lipinski definition) is 6. The second kappa shape index (κ2) is 6.50. The van der Waals surface area contributed by atoms with Crippen molar-refractivity contribution in [2.24, 2.45) is 0 Å². The van der Waals surface area contributed by atoms with Crippen molar-refractivity contribution in [1.29, 1.82) is 0 Å². The summed E-state index contributed by atoms with van der Waals surface area (Å²) in [5.74, 6) is -0.310. The number of nitrogens with one attached hydrogen (secondary N) is 1. The van der Waals surface area contributed by atoms with Crippen molar-refractivity contribution < 1.29 is 9.72 Å². The fraction of sp³-hybridized carbons (Fsp3) is 0.125. The number of benzene rings is 1. The van der Waals surface area contributed by atoms with Crippen LogP contribution in [0.15, 0.2) is 35.0 Å². The number of amides is 1. The Morgan fingerprint density at radius 1 is 1.29 bits per heavy atom. The van der Waals surface area contributed by atoms with Gasteiger partial charge in [0.15, 0.2) is 0 Å². The number of aryl methyl sites for hydroxylation is 2. The highest BCUT2D eigenvalue weighted by Gasteiger charge is 2.18. The number of thiazole rings is 1. The van der Waals surface area contributed by atoms with Crippen molar-refractivity contribution in [3.63, 3.8) is 0 Å². The fourth-order valence-electron chi connectivity index (χ4n) is 2.15. The van der Waals surface area contributed by atoms with Gasteiger partial charge in [0.25, 0.3) is 11.6 Å². The highest BCUT2D eigenvalue weighted by atomic mass is 32.1. The van der Waals surface area contributed by atoms with Gasteiger partial charge in [0.05, 0.1) is 16.3 Å². The molecule has 0 unspecified atom stereocenters. The van der Waals surface area contributed by atoms with Crippen LogP contribution in [0.3, 0.4) is 0 Å². The molecule has 1 N–H and O–H groups in total. The van der Waals surface area contributed by atoms with Gasteiger partial charge in [-0.15, -0.1) is 11.3 Å². The van der Waals surface area contributed by atoms with E-state index < -0.39 is 4.92 Å². The van der Waals surface area contributed by atoms with Crippen LogP contribution in [-0.4, -0.2) is 15.8 Å². The third-order valence-corrected chi connectivity index (χ3v) is 5.34. The number of anilines is 1. The molecule has 122 valence electrons. The molecular weight excluding hydrogens is 346 g/mol. The molecule has 0 radical (unpaired) electrons. The van der Waals surface area contributed by atoms with Gasteiger partial charge in [0.1, 0.15) is 9.88 Å². The number of non-ortho nitro benzene ring substituents is 1. The number of nitrogens with zero attached hydrogens (tertiary/aromatic N) is 2. The molecule has 2 aromatic heterocycles. The lowest BCUT2D eigenvalue weighted by molar-refractivity contribution is -0.384. The van der Waals surface area contributed by atoms with Crippen LogP contribution >= 0.6 is 22.7 Å².